The molecule has 0 aromatic carbocycles. The number of ether oxygens (including phenoxy) is 3. The van der Waals surface area contributed by atoms with Gasteiger partial charge in [0.25, 0.3) is 0 Å². The SMILES string of the molecule is CC/C=C\C/C=C\C/C=C\C/C=C\C/C=C\CCCCCCCC(=O)OC(COC(=O)CCCCCCCCCCCC)COC(=O)CCCCCCCCCCCCCCCC/C=C\C/C=C\C/C=C\C/C=C\CC. The Labute approximate surface area is 470 Å². The molecule has 0 aliphatic rings. The standard InChI is InChI=1S/C70H118O6/c1-4-7-10-13-16-19-22-24-26-28-30-32-33-34-35-36-37-39-40-42-44-46-48-51-54-57-60-63-69(72)75-66-67(65-74-68(71)62-59-56-53-50-21-18-15-12-9-6-3)76-70(73)64-61-58-55-52-49-47-45-43-41-38-31-29-27-25-23-20-17-14-11-8-5-2/h7-8,10-11,16-17,19-20,24-27,30-32,38,43,45,67H,4-6,9,12-15,18,21-23,28-29,33-37,39-42,44,46-66H2,1-3H3/b10-7-,11-8-,19-16-,20-17-,26-24-,27-25-,32-30-,38-31-,45-43-. The van der Waals surface area contributed by atoms with Crippen LogP contribution in [0.3, 0.4) is 0 Å². The quantitative estimate of drug-likeness (QED) is 0.0261. The molecule has 0 saturated carbocycles. The molecule has 6 heteroatoms. The maximum Gasteiger partial charge on any atom is 0.306 e. The zero-order valence-electron chi connectivity index (χ0n) is 49.7. The number of rotatable bonds is 57. The number of hydrogen-bond donors (Lipinski definition) is 0. The second-order valence-corrected chi connectivity index (χ2v) is 20.9. The molecule has 0 spiro atoms. The number of allylic oxidation sites excluding steroid dienone is 18. The number of carbonyl (C=O) groups is 3. The summed E-state index contributed by atoms with van der Waals surface area (Å²) < 4.78 is 16.9. The van der Waals surface area contributed by atoms with Gasteiger partial charge in [-0.2, -0.15) is 0 Å². The molecule has 0 bridgehead atoms. The van der Waals surface area contributed by atoms with E-state index in [0.717, 1.165) is 135 Å². The van der Waals surface area contributed by atoms with Crippen molar-refractivity contribution in [1.29, 1.82) is 0 Å². The second-order valence-electron chi connectivity index (χ2n) is 20.9. The summed E-state index contributed by atoms with van der Waals surface area (Å²) in [5, 5.41) is 0. The van der Waals surface area contributed by atoms with Crippen LogP contribution in [0.4, 0.5) is 0 Å². The van der Waals surface area contributed by atoms with Crippen LogP contribution in [0.25, 0.3) is 0 Å². The number of unbranched alkanes of at least 4 members (excludes halogenated alkanes) is 28. The molecule has 0 N–H and O–H groups in total. The lowest BCUT2D eigenvalue weighted by Gasteiger charge is -2.18. The molecule has 76 heavy (non-hydrogen) atoms. The van der Waals surface area contributed by atoms with Gasteiger partial charge in [0.15, 0.2) is 6.10 Å². The van der Waals surface area contributed by atoms with Gasteiger partial charge in [-0.3, -0.25) is 14.4 Å². The second kappa shape index (κ2) is 63.6. The fraction of sp³-hybridized carbons (Fsp3) is 0.700. The third-order valence-corrected chi connectivity index (χ3v) is 13.5. The van der Waals surface area contributed by atoms with Crippen LogP contribution in [0.2, 0.25) is 0 Å². The average Bonchev–Trinajstić information content (AvgIpc) is 3.42. The zero-order valence-corrected chi connectivity index (χ0v) is 49.7. The van der Waals surface area contributed by atoms with Gasteiger partial charge in [-0.25, -0.2) is 0 Å². The van der Waals surface area contributed by atoms with E-state index in [-0.39, 0.29) is 31.1 Å². The molecule has 0 aliphatic carbocycles. The van der Waals surface area contributed by atoms with Gasteiger partial charge in [0, 0.05) is 19.3 Å². The highest BCUT2D eigenvalue weighted by molar-refractivity contribution is 5.71. The molecule has 1 atom stereocenters. The fourth-order valence-electron chi connectivity index (χ4n) is 8.81. The van der Waals surface area contributed by atoms with Crippen LogP contribution in [-0.2, 0) is 28.6 Å². The summed E-state index contributed by atoms with van der Waals surface area (Å²) in [7, 11) is 0. The van der Waals surface area contributed by atoms with Gasteiger partial charge in [0.2, 0.25) is 0 Å². The molecule has 6 nitrogen and oxygen atoms in total. The van der Waals surface area contributed by atoms with Gasteiger partial charge in [-0.1, -0.05) is 284 Å². The average molecular weight is 1060 g/mol. The maximum atomic E-state index is 12.9. The van der Waals surface area contributed by atoms with Crippen molar-refractivity contribution in [2.24, 2.45) is 0 Å². The van der Waals surface area contributed by atoms with E-state index < -0.39 is 6.10 Å². The van der Waals surface area contributed by atoms with Crippen molar-refractivity contribution in [3.8, 4) is 0 Å². The van der Waals surface area contributed by atoms with Gasteiger partial charge in [-0.05, 0) is 103 Å². The van der Waals surface area contributed by atoms with Crippen molar-refractivity contribution < 1.29 is 28.6 Å². The molecule has 0 aromatic rings. The maximum absolute atomic E-state index is 12.9. The Bertz CT molecular complexity index is 1540. The molecule has 0 heterocycles. The first-order chi connectivity index (χ1) is 37.5. The Balaban J connectivity index is 4.26. The molecule has 0 amide bonds. The molecule has 1 unspecified atom stereocenters. The third-order valence-electron chi connectivity index (χ3n) is 13.5. The summed E-state index contributed by atoms with van der Waals surface area (Å²) in [6.45, 7) is 6.40. The van der Waals surface area contributed by atoms with Gasteiger partial charge in [0.05, 0.1) is 0 Å². The van der Waals surface area contributed by atoms with Crippen molar-refractivity contribution in [3.05, 3.63) is 109 Å². The first-order valence-corrected chi connectivity index (χ1v) is 31.9. The predicted molar refractivity (Wildman–Crippen MR) is 330 cm³/mol. The molecule has 0 aliphatic heterocycles. The Kier molecular flexibility index (Phi) is 60.3. The molecular formula is C70H118O6. The Morgan fingerprint density at radius 1 is 0.276 bits per heavy atom. The Morgan fingerprint density at radius 3 is 0.803 bits per heavy atom. The van der Waals surface area contributed by atoms with Gasteiger partial charge in [0.1, 0.15) is 13.2 Å². The highest BCUT2D eigenvalue weighted by Crippen LogP contribution is 2.16. The summed E-state index contributed by atoms with van der Waals surface area (Å²) in [5.74, 6) is -0.898. The Morgan fingerprint density at radius 2 is 0.513 bits per heavy atom. The van der Waals surface area contributed by atoms with Crippen LogP contribution in [0.15, 0.2) is 109 Å². The highest BCUT2D eigenvalue weighted by atomic mass is 16.6. The molecular weight excluding hydrogens is 937 g/mol. The van der Waals surface area contributed by atoms with Crippen molar-refractivity contribution in [3.63, 3.8) is 0 Å². The minimum Gasteiger partial charge on any atom is -0.462 e. The lowest BCUT2D eigenvalue weighted by Crippen LogP contribution is -2.30. The van der Waals surface area contributed by atoms with Crippen LogP contribution in [0, 0.1) is 0 Å². The van der Waals surface area contributed by atoms with E-state index >= 15 is 0 Å². The molecule has 434 valence electrons. The smallest absolute Gasteiger partial charge is 0.306 e. The normalized spacial score (nSPS) is 12.8. The first kappa shape index (κ1) is 72.1. The summed E-state index contributed by atoms with van der Waals surface area (Å²) in [6, 6.07) is 0. The molecule has 0 fully saturated rings. The minimum atomic E-state index is -0.788. The van der Waals surface area contributed by atoms with E-state index in [1.807, 2.05) is 0 Å². The minimum absolute atomic E-state index is 0.0842. The topological polar surface area (TPSA) is 78.9 Å². The van der Waals surface area contributed by atoms with Crippen LogP contribution >= 0.6 is 0 Å². The van der Waals surface area contributed by atoms with E-state index in [2.05, 4.69) is 130 Å². The number of hydrogen-bond acceptors (Lipinski definition) is 6. The van der Waals surface area contributed by atoms with Gasteiger partial charge >= 0.3 is 17.9 Å². The fourth-order valence-corrected chi connectivity index (χ4v) is 8.81. The van der Waals surface area contributed by atoms with E-state index in [4.69, 9.17) is 14.2 Å². The highest BCUT2D eigenvalue weighted by Gasteiger charge is 2.19. The van der Waals surface area contributed by atoms with E-state index in [1.54, 1.807) is 0 Å². The van der Waals surface area contributed by atoms with Gasteiger partial charge in [-0.15, -0.1) is 0 Å². The molecule has 0 saturated heterocycles. The Hall–Kier alpha value is -3.93. The monoisotopic (exact) mass is 1050 g/mol. The van der Waals surface area contributed by atoms with E-state index in [0.29, 0.717) is 19.3 Å². The number of carbonyl (C=O) groups excluding carboxylic acids is 3. The molecule has 0 radical (unpaired) electrons. The van der Waals surface area contributed by atoms with Crippen molar-refractivity contribution in [2.45, 2.75) is 303 Å². The third kappa shape index (κ3) is 60.9. The van der Waals surface area contributed by atoms with E-state index in [9.17, 15) is 14.4 Å². The van der Waals surface area contributed by atoms with Crippen LogP contribution in [0.1, 0.15) is 297 Å². The molecule has 0 aromatic heterocycles. The summed E-state index contributed by atoms with van der Waals surface area (Å²) in [6.07, 6.45) is 86.7. The summed E-state index contributed by atoms with van der Waals surface area (Å²) >= 11 is 0. The lowest BCUT2D eigenvalue weighted by molar-refractivity contribution is -0.167. The van der Waals surface area contributed by atoms with Crippen LogP contribution in [-0.4, -0.2) is 37.2 Å². The van der Waals surface area contributed by atoms with Crippen molar-refractivity contribution >= 4 is 17.9 Å². The summed E-state index contributed by atoms with van der Waals surface area (Å²) in [4.78, 5) is 38.2. The zero-order chi connectivity index (χ0) is 55.0. The van der Waals surface area contributed by atoms with Crippen molar-refractivity contribution in [2.75, 3.05) is 13.2 Å². The lowest BCUT2D eigenvalue weighted by atomic mass is 10.0. The van der Waals surface area contributed by atoms with Crippen molar-refractivity contribution in [1.82, 2.24) is 0 Å². The predicted octanol–water partition coefficient (Wildman–Crippen LogP) is 21.8. The largest absolute Gasteiger partial charge is 0.462 e. The first-order valence-electron chi connectivity index (χ1n) is 31.9. The van der Waals surface area contributed by atoms with Gasteiger partial charge < -0.3 is 14.2 Å². The molecule has 0 rings (SSSR count). The number of esters is 3. The van der Waals surface area contributed by atoms with Crippen LogP contribution in [0.5, 0.6) is 0 Å². The summed E-state index contributed by atoms with van der Waals surface area (Å²) in [5.41, 5.74) is 0. The van der Waals surface area contributed by atoms with Crippen LogP contribution < -0.4 is 0 Å². The van der Waals surface area contributed by atoms with E-state index in [1.165, 1.54) is 122 Å².